The van der Waals surface area contributed by atoms with E-state index in [1.165, 1.54) is 80.5 Å². The van der Waals surface area contributed by atoms with Crippen molar-refractivity contribution in [2.24, 2.45) is 0 Å². The summed E-state index contributed by atoms with van der Waals surface area (Å²) in [6.07, 6.45) is 13.6. The van der Waals surface area contributed by atoms with Crippen LogP contribution in [0.15, 0.2) is 29.2 Å². The van der Waals surface area contributed by atoms with E-state index in [-0.39, 0.29) is 17.4 Å². The van der Waals surface area contributed by atoms with Gasteiger partial charge in [0.1, 0.15) is 0 Å². The smallest absolute Gasteiger partial charge is 0.220 e. The molecule has 1 aromatic carbocycles. The predicted molar refractivity (Wildman–Crippen MR) is 135 cm³/mol. The summed E-state index contributed by atoms with van der Waals surface area (Å²) >= 11 is 1.34. The van der Waals surface area contributed by atoms with Crippen molar-refractivity contribution < 1.29 is 9.59 Å². The Labute approximate surface area is 189 Å². The van der Waals surface area contributed by atoms with Gasteiger partial charge in [-0.15, -0.1) is 0 Å². The van der Waals surface area contributed by atoms with Gasteiger partial charge in [0.2, 0.25) is 5.91 Å². The van der Waals surface area contributed by atoms with Crippen LogP contribution in [0.3, 0.4) is 0 Å². The molecule has 3 nitrogen and oxygen atoms in total. The van der Waals surface area contributed by atoms with Gasteiger partial charge >= 0.3 is 0 Å². The zero-order valence-corrected chi connectivity index (χ0v) is 21.4. The normalized spacial score (nSPS) is 11.5. The van der Waals surface area contributed by atoms with Crippen LogP contribution >= 0.6 is 19.0 Å². The molecule has 0 fully saturated rings. The molecule has 0 aromatic heterocycles. The van der Waals surface area contributed by atoms with E-state index in [0.29, 0.717) is 13.0 Å². The molecule has 0 atom stereocenters. The summed E-state index contributed by atoms with van der Waals surface area (Å²) in [7, 11) is -1.07. The molecule has 0 saturated heterocycles. The lowest BCUT2D eigenvalue weighted by atomic mass is 10.2. The first kappa shape index (κ1) is 27.2. The third kappa shape index (κ3) is 10.4. The van der Waals surface area contributed by atoms with E-state index in [2.05, 4.69) is 44.3 Å². The molecule has 1 rings (SSSR count). The largest absolute Gasteiger partial charge is 0.356 e. The Hall–Kier alpha value is -0.860. The molecule has 1 aromatic rings. The average molecular weight is 453 g/mol. The molecule has 0 spiro atoms. The van der Waals surface area contributed by atoms with E-state index in [9.17, 15) is 9.59 Å². The summed E-state index contributed by atoms with van der Waals surface area (Å²) < 4.78 is 0. The summed E-state index contributed by atoms with van der Waals surface area (Å²) in [6.45, 7) is 9.40. The van der Waals surface area contributed by atoms with Gasteiger partial charge in [-0.2, -0.15) is 0 Å². The van der Waals surface area contributed by atoms with Crippen LogP contribution in [0.2, 0.25) is 0 Å². The monoisotopic (exact) mass is 452 g/mol. The molecule has 1 amide bonds. The molecule has 0 radical (unpaired) electrons. The van der Waals surface area contributed by atoms with Crippen LogP contribution in [0.1, 0.15) is 84.6 Å². The van der Waals surface area contributed by atoms with E-state index < -0.39 is 7.26 Å². The van der Waals surface area contributed by atoms with E-state index in [1.54, 1.807) is 0 Å². The minimum absolute atomic E-state index is 0.0385. The van der Waals surface area contributed by atoms with Crippen LogP contribution in [0, 0.1) is 0 Å². The van der Waals surface area contributed by atoms with E-state index in [4.69, 9.17) is 0 Å². The molecule has 0 heterocycles. The Morgan fingerprint density at radius 1 is 0.867 bits per heavy atom. The van der Waals surface area contributed by atoms with Gasteiger partial charge in [-0.25, -0.2) is 0 Å². The van der Waals surface area contributed by atoms with Gasteiger partial charge in [-0.05, 0) is 32.3 Å². The lowest BCUT2D eigenvalue weighted by molar-refractivity contribution is -0.122. The number of hydrogen-bond acceptors (Lipinski definition) is 3. The molecular weight excluding hydrogens is 409 g/mol. The summed E-state index contributed by atoms with van der Waals surface area (Å²) in [5.74, 6) is -0.0385. The van der Waals surface area contributed by atoms with Crippen molar-refractivity contribution >= 4 is 30.0 Å². The standard InChI is InChI=1S/C25H42NO2PS/c1-5-9-18-29(19-10-6-2,20-11-7-3)21-22-14-12-13-15-23(22)30-25(28)17-16-24(27)26-8-4/h12-15H,5-11,16-21H2,1-4H3/p+1. The number of unbranched alkanes of at least 4 members (excludes halogenated alkanes) is 3. The Bertz CT molecular complexity index is 614. The summed E-state index contributed by atoms with van der Waals surface area (Å²) in [5, 5.41) is 2.86. The average Bonchev–Trinajstić information content (AvgIpc) is 2.75. The van der Waals surface area contributed by atoms with Crippen molar-refractivity contribution in [3.8, 4) is 0 Å². The maximum absolute atomic E-state index is 12.5. The third-order valence-corrected chi connectivity index (χ3v) is 11.4. The Morgan fingerprint density at radius 3 is 1.97 bits per heavy atom. The third-order valence-electron chi connectivity index (χ3n) is 5.59. The second-order valence-electron chi connectivity index (χ2n) is 8.27. The van der Waals surface area contributed by atoms with Crippen molar-refractivity contribution in [2.75, 3.05) is 25.0 Å². The van der Waals surface area contributed by atoms with Gasteiger partial charge in [-0.1, -0.05) is 70.0 Å². The van der Waals surface area contributed by atoms with Crippen molar-refractivity contribution in [3.05, 3.63) is 29.8 Å². The SMILES string of the molecule is CCCC[P+](CCCC)(CCCC)Cc1ccccc1SC(=O)CCC(=O)NCC. The molecule has 170 valence electrons. The van der Waals surface area contributed by atoms with Crippen LogP contribution in [0.5, 0.6) is 0 Å². The maximum Gasteiger partial charge on any atom is 0.220 e. The van der Waals surface area contributed by atoms with Gasteiger partial charge in [-0.3, -0.25) is 9.59 Å². The Balaban J connectivity index is 2.95. The maximum atomic E-state index is 12.5. The first-order valence-electron chi connectivity index (χ1n) is 11.9. The number of hydrogen-bond donors (Lipinski definition) is 1. The fraction of sp³-hybridized carbons (Fsp3) is 0.680. The number of amides is 1. The molecule has 0 aliphatic heterocycles. The highest BCUT2D eigenvalue weighted by Gasteiger charge is 2.36. The Morgan fingerprint density at radius 2 is 1.43 bits per heavy atom. The van der Waals surface area contributed by atoms with Crippen molar-refractivity contribution in [3.63, 3.8) is 0 Å². The second-order valence-corrected chi connectivity index (χ2v) is 13.7. The zero-order chi connectivity index (χ0) is 22.2. The van der Waals surface area contributed by atoms with Gasteiger partial charge in [0.25, 0.3) is 0 Å². The molecule has 1 N–H and O–H groups in total. The summed E-state index contributed by atoms with van der Waals surface area (Å²) in [6, 6.07) is 8.48. The highest BCUT2D eigenvalue weighted by Crippen LogP contribution is 2.63. The number of rotatable bonds is 16. The highest BCUT2D eigenvalue weighted by molar-refractivity contribution is 8.13. The van der Waals surface area contributed by atoms with Gasteiger partial charge < -0.3 is 5.32 Å². The van der Waals surface area contributed by atoms with Crippen LogP contribution in [-0.2, 0) is 15.8 Å². The first-order chi connectivity index (χ1) is 14.5. The summed E-state index contributed by atoms with van der Waals surface area (Å²) in [5.41, 5.74) is 1.35. The van der Waals surface area contributed by atoms with Gasteiger partial charge in [0.15, 0.2) is 5.12 Å². The van der Waals surface area contributed by atoms with Crippen LogP contribution in [-0.4, -0.2) is 36.1 Å². The van der Waals surface area contributed by atoms with Crippen molar-refractivity contribution in [1.82, 2.24) is 5.32 Å². The quantitative estimate of drug-likeness (QED) is 0.214. The fourth-order valence-corrected chi connectivity index (χ4v) is 9.90. The number of carbonyl (C=O) groups is 2. The molecule has 0 saturated carbocycles. The van der Waals surface area contributed by atoms with E-state index in [0.717, 1.165) is 4.90 Å². The molecule has 0 aliphatic carbocycles. The topological polar surface area (TPSA) is 46.2 Å². The van der Waals surface area contributed by atoms with Gasteiger partial charge in [0.05, 0.1) is 24.6 Å². The zero-order valence-electron chi connectivity index (χ0n) is 19.7. The summed E-state index contributed by atoms with van der Waals surface area (Å²) in [4.78, 5) is 25.3. The Kier molecular flexibility index (Phi) is 14.4. The number of thioether (sulfide) groups is 1. The second kappa shape index (κ2) is 15.9. The van der Waals surface area contributed by atoms with Crippen LogP contribution < -0.4 is 5.32 Å². The van der Waals surface area contributed by atoms with Crippen molar-refractivity contribution in [2.45, 2.75) is 90.1 Å². The van der Waals surface area contributed by atoms with Gasteiger partial charge in [0, 0.05) is 37.1 Å². The molecule has 5 heteroatoms. The van der Waals surface area contributed by atoms with Crippen molar-refractivity contribution in [1.29, 1.82) is 0 Å². The van der Waals surface area contributed by atoms with Crippen LogP contribution in [0.4, 0.5) is 0 Å². The lowest BCUT2D eigenvalue weighted by Gasteiger charge is -2.29. The predicted octanol–water partition coefficient (Wildman–Crippen LogP) is 7.14. The molecule has 0 bridgehead atoms. The van der Waals surface area contributed by atoms with E-state index >= 15 is 0 Å². The highest BCUT2D eigenvalue weighted by atomic mass is 32.2. The minimum atomic E-state index is -1.07. The number of benzene rings is 1. The number of nitrogens with one attached hydrogen (secondary N) is 1. The fourth-order valence-electron chi connectivity index (χ4n) is 3.82. The minimum Gasteiger partial charge on any atom is -0.356 e. The van der Waals surface area contributed by atoms with E-state index in [1.807, 2.05) is 13.0 Å². The molecular formula is C25H43NO2PS+. The molecule has 0 unspecified atom stereocenters. The molecule has 30 heavy (non-hydrogen) atoms. The molecule has 0 aliphatic rings. The lowest BCUT2D eigenvalue weighted by Crippen LogP contribution is -2.22. The first-order valence-corrected chi connectivity index (χ1v) is 15.2. The number of carbonyl (C=O) groups excluding carboxylic acids is 2. The van der Waals surface area contributed by atoms with Crippen LogP contribution in [0.25, 0.3) is 0 Å².